The Kier molecular flexibility index (Phi) is 6.17. The van der Waals surface area contributed by atoms with Crippen molar-refractivity contribution in [2.75, 3.05) is 11.9 Å². The molecule has 0 unspecified atom stereocenters. The first kappa shape index (κ1) is 19.0. The molecule has 2 aromatic rings. The maximum absolute atomic E-state index is 12.2. The van der Waals surface area contributed by atoms with Crippen LogP contribution in [0.2, 0.25) is 0 Å². The number of ether oxygens (including phenoxy) is 1. The van der Waals surface area contributed by atoms with Crippen LogP contribution in [0.1, 0.15) is 57.8 Å². The van der Waals surface area contributed by atoms with Crippen molar-refractivity contribution in [1.82, 2.24) is 10.1 Å². The minimum absolute atomic E-state index is 0.0552. The summed E-state index contributed by atoms with van der Waals surface area (Å²) in [6.07, 6.45) is 1.61. The Bertz CT molecular complexity index is 717. The summed E-state index contributed by atoms with van der Waals surface area (Å²) >= 11 is 0. The second kappa shape index (κ2) is 8.14. The molecule has 1 aromatic heterocycles. The van der Waals surface area contributed by atoms with Crippen molar-refractivity contribution in [2.45, 2.75) is 59.3 Å². The number of anilines is 1. The van der Waals surface area contributed by atoms with Crippen molar-refractivity contribution in [1.29, 1.82) is 0 Å². The number of nitrogens with one attached hydrogen (secondary N) is 1. The Labute approximate surface area is 149 Å². The Morgan fingerprint density at radius 1 is 1.32 bits per heavy atom. The molecule has 25 heavy (non-hydrogen) atoms. The molecule has 0 radical (unpaired) electrons. The number of aromatic nitrogens is 2. The largest absolute Gasteiger partial charge is 0.492 e. The fraction of sp³-hybridized carbons (Fsp3) is 0.526. The first-order chi connectivity index (χ1) is 11.8. The van der Waals surface area contributed by atoms with E-state index in [0.717, 1.165) is 5.56 Å². The third kappa shape index (κ3) is 5.59. The number of rotatable bonds is 7. The summed E-state index contributed by atoms with van der Waals surface area (Å²) in [5.41, 5.74) is 1.65. The molecule has 2 rings (SSSR count). The van der Waals surface area contributed by atoms with Crippen molar-refractivity contribution >= 4 is 11.6 Å². The molecule has 1 aromatic carbocycles. The van der Waals surface area contributed by atoms with E-state index in [9.17, 15) is 4.79 Å². The van der Waals surface area contributed by atoms with Gasteiger partial charge in [0, 0.05) is 18.3 Å². The van der Waals surface area contributed by atoms with Crippen LogP contribution in [0.4, 0.5) is 5.69 Å². The van der Waals surface area contributed by atoms with Crippen LogP contribution in [0.5, 0.6) is 5.75 Å². The van der Waals surface area contributed by atoms with Crippen LogP contribution in [0.3, 0.4) is 0 Å². The fourth-order valence-electron chi connectivity index (χ4n) is 2.28. The molecule has 0 saturated heterocycles. The summed E-state index contributed by atoms with van der Waals surface area (Å²) in [7, 11) is 0. The van der Waals surface area contributed by atoms with E-state index in [1.165, 1.54) is 0 Å². The van der Waals surface area contributed by atoms with Gasteiger partial charge in [0.15, 0.2) is 5.82 Å². The molecule has 136 valence electrons. The van der Waals surface area contributed by atoms with E-state index >= 15 is 0 Å². The first-order valence-electron chi connectivity index (χ1n) is 8.66. The van der Waals surface area contributed by atoms with Crippen LogP contribution in [0.15, 0.2) is 22.7 Å². The highest BCUT2D eigenvalue weighted by Gasteiger charge is 2.20. The van der Waals surface area contributed by atoms with Crippen LogP contribution in [-0.4, -0.2) is 22.7 Å². The van der Waals surface area contributed by atoms with Gasteiger partial charge >= 0.3 is 0 Å². The summed E-state index contributed by atoms with van der Waals surface area (Å²) in [6.45, 7) is 10.6. The average molecular weight is 345 g/mol. The minimum Gasteiger partial charge on any atom is -0.492 e. The van der Waals surface area contributed by atoms with Gasteiger partial charge < -0.3 is 14.6 Å². The molecule has 0 saturated carbocycles. The van der Waals surface area contributed by atoms with Gasteiger partial charge in [-0.2, -0.15) is 4.98 Å². The average Bonchev–Trinajstić information content (AvgIpc) is 2.99. The molecule has 0 aliphatic carbocycles. The van der Waals surface area contributed by atoms with Crippen LogP contribution >= 0.6 is 0 Å². The molecule has 0 aliphatic heterocycles. The number of amides is 1. The standard InChI is InChI=1S/C19H27N3O3/c1-6-24-15-12-13(2)10-11-14(15)20-16(23)8-7-9-17-21-18(22-25-17)19(3,4)5/h10-12H,6-9H2,1-5H3,(H,20,23). The molecule has 0 spiro atoms. The third-order valence-electron chi connectivity index (χ3n) is 3.64. The molecule has 1 amide bonds. The number of hydrogen-bond donors (Lipinski definition) is 1. The first-order valence-corrected chi connectivity index (χ1v) is 8.66. The summed E-state index contributed by atoms with van der Waals surface area (Å²) < 4.78 is 10.8. The Balaban J connectivity index is 1.86. The third-order valence-corrected chi connectivity index (χ3v) is 3.64. The summed E-state index contributed by atoms with van der Waals surface area (Å²) in [4.78, 5) is 16.6. The number of aryl methyl sites for hydroxylation is 2. The molecule has 0 aliphatic rings. The topological polar surface area (TPSA) is 77.2 Å². The van der Waals surface area contributed by atoms with Crippen molar-refractivity contribution in [3.8, 4) is 5.75 Å². The zero-order chi connectivity index (χ0) is 18.4. The molecule has 0 fully saturated rings. The van der Waals surface area contributed by atoms with Crippen LogP contribution in [0.25, 0.3) is 0 Å². The lowest BCUT2D eigenvalue weighted by molar-refractivity contribution is -0.116. The van der Waals surface area contributed by atoms with Crippen molar-refractivity contribution < 1.29 is 14.1 Å². The predicted octanol–water partition coefficient (Wildman–Crippen LogP) is 4.04. The van der Waals surface area contributed by atoms with Crippen molar-refractivity contribution in [2.24, 2.45) is 0 Å². The molecule has 1 N–H and O–H groups in total. The van der Waals surface area contributed by atoms with E-state index in [2.05, 4.69) is 15.5 Å². The van der Waals surface area contributed by atoms with Gasteiger partial charge in [0.2, 0.25) is 11.8 Å². The van der Waals surface area contributed by atoms with E-state index in [-0.39, 0.29) is 11.3 Å². The van der Waals surface area contributed by atoms with Gasteiger partial charge in [0.05, 0.1) is 12.3 Å². The molecular formula is C19H27N3O3. The second-order valence-electron chi connectivity index (χ2n) is 7.10. The maximum atomic E-state index is 12.2. The highest BCUT2D eigenvalue weighted by molar-refractivity contribution is 5.92. The van der Waals surface area contributed by atoms with E-state index in [1.807, 2.05) is 52.8 Å². The summed E-state index contributed by atoms with van der Waals surface area (Å²) in [6, 6.07) is 5.74. The number of hydrogen-bond acceptors (Lipinski definition) is 5. The highest BCUT2D eigenvalue weighted by atomic mass is 16.5. The van der Waals surface area contributed by atoms with Crippen molar-refractivity contribution in [3.63, 3.8) is 0 Å². The fourth-order valence-corrected chi connectivity index (χ4v) is 2.28. The van der Waals surface area contributed by atoms with Gasteiger partial charge in [0.25, 0.3) is 0 Å². The number of nitrogens with zero attached hydrogens (tertiary/aromatic N) is 2. The quantitative estimate of drug-likeness (QED) is 0.819. The number of carbonyl (C=O) groups is 1. The van der Waals surface area contributed by atoms with E-state index in [4.69, 9.17) is 9.26 Å². The predicted molar refractivity (Wildman–Crippen MR) is 96.9 cm³/mol. The van der Waals surface area contributed by atoms with E-state index in [1.54, 1.807) is 0 Å². The molecular weight excluding hydrogens is 318 g/mol. The van der Waals surface area contributed by atoms with Gasteiger partial charge in [-0.1, -0.05) is 32.0 Å². The number of carbonyl (C=O) groups excluding carboxylic acids is 1. The van der Waals surface area contributed by atoms with Gasteiger partial charge in [0.1, 0.15) is 5.75 Å². The van der Waals surface area contributed by atoms with Gasteiger partial charge in [-0.25, -0.2) is 0 Å². The zero-order valence-electron chi connectivity index (χ0n) is 15.7. The van der Waals surface area contributed by atoms with Crippen molar-refractivity contribution in [3.05, 3.63) is 35.5 Å². The van der Waals surface area contributed by atoms with Crippen LogP contribution in [0, 0.1) is 6.92 Å². The highest BCUT2D eigenvalue weighted by Crippen LogP contribution is 2.26. The minimum atomic E-state index is -0.139. The molecule has 6 nitrogen and oxygen atoms in total. The lowest BCUT2D eigenvalue weighted by Crippen LogP contribution is -2.13. The Morgan fingerprint density at radius 3 is 2.72 bits per heavy atom. The van der Waals surface area contributed by atoms with Crippen LogP contribution < -0.4 is 10.1 Å². The summed E-state index contributed by atoms with van der Waals surface area (Å²) in [5, 5.41) is 6.90. The van der Waals surface area contributed by atoms with Crippen LogP contribution in [-0.2, 0) is 16.6 Å². The molecule has 6 heteroatoms. The number of benzene rings is 1. The normalized spacial score (nSPS) is 11.4. The lowest BCUT2D eigenvalue weighted by atomic mass is 9.96. The lowest BCUT2D eigenvalue weighted by Gasteiger charge is -2.12. The van der Waals surface area contributed by atoms with Gasteiger partial charge in [-0.3, -0.25) is 4.79 Å². The SMILES string of the molecule is CCOc1cc(C)ccc1NC(=O)CCCc1nc(C(C)(C)C)no1. The monoisotopic (exact) mass is 345 g/mol. The smallest absolute Gasteiger partial charge is 0.226 e. The Morgan fingerprint density at radius 2 is 2.08 bits per heavy atom. The van der Waals surface area contributed by atoms with E-state index in [0.29, 0.717) is 49.0 Å². The zero-order valence-corrected chi connectivity index (χ0v) is 15.7. The van der Waals surface area contributed by atoms with Gasteiger partial charge in [-0.15, -0.1) is 0 Å². The summed E-state index contributed by atoms with van der Waals surface area (Å²) in [5.74, 6) is 1.90. The Hall–Kier alpha value is -2.37. The molecule has 1 heterocycles. The molecule has 0 bridgehead atoms. The van der Waals surface area contributed by atoms with Gasteiger partial charge in [-0.05, 0) is 38.0 Å². The van der Waals surface area contributed by atoms with E-state index < -0.39 is 0 Å². The maximum Gasteiger partial charge on any atom is 0.226 e. The molecule has 0 atom stereocenters. The second-order valence-corrected chi connectivity index (χ2v) is 7.10.